The van der Waals surface area contributed by atoms with Gasteiger partial charge in [0.25, 0.3) is 0 Å². The Morgan fingerprint density at radius 3 is 2.29 bits per heavy atom. The molecule has 1 aliphatic rings. The molecule has 0 aliphatic carbocycles. The lowest BCUT2D eigenvalue weighted by atomic mass is 9.85. The zero-order valence-corrected chi connectivity index (χ0v) is 15.1. The number of alkyl carbamates (subject to hydrolysis) is 1. The van der Waals surface area contributed by atoms with Crippen LogP contribution in [-0.4, -0.2) is 20.5 Å². The highest BCUT2D eigenvalue weighted by Crippen LogP contribution is 2.34. The molecule has 1 aromatic carbocycles. The summed E-state index contributed by atoms with van der Waals surface area (Å²) in [6.07, 6.45) is -0.322. The fourth-order valence-electron chi connectivity index (χ4n) is 2.78. The Kier molecular flexibility index (Phi) is 3.95. The SMILES string of the molecule is C[Si](C)c1cc(C(C)(C)C)ccc1[C@@H]1NC(=O)OC1(C)C. The zero-order valence-electron chi connectivity index (χ0n) is 14.1. The number of nitrogens with one attached hydrogen (secondary N) is 1. The lowest BCUT2D eigenvalue weighted by Gasteiger charge is -2.28. The van der Waals surface area contributed by atoms with Crippen molar-refractivity contribution in [3.63, 3.8) is 0 Å². The van der Waals surface area contributed by atoms with E-state index in [1.807, 2.05) is 13.8 Å². The summed E-state index contributed by atoms with van der Waals surface area (Å²) in [6.45, 7) is 15.2. The number of hydrogen-bond donors (Lipinski definition) is 1. The van der Waals surface area contributed by atoms with Crippen molar-refractivity contribution in [1.82, 2.24) is 5.32 Å². The molecule has 0 spiro atoms. The molecule has 21 heavy (non-hydrogen) atoms. The number of carbonyl (C=O) groups is 1. The lowest BCUT2D eigenvalue weighted by molar-refractivity contribution is 0.0686. The van der Waals surface area contributed by atoms with Crippen molar-refractivity contribution < 1.29 is 9.53 Å². The maximum absolute atomic E-state index is 11.6. The Morgan fingerprint density at radius 1 is 1.24 bits per heavy atom. The molecule has 115 valence electrons. The minimum Gasteiger partial charge on any atom is -0.441 e. The number of amides is 1. The first kappa shape index (κ1) is 16.1. The third-order valence-electron chi connectivity index (χ3n) is 4.08. The molecule has 1 fully saturated rings. The fraction of sp³-hybridized carbons (Fsp3) is 0.588. The van der Waals surface area contributed by atoms with E-state index in [1.54, 1.807) is 0 Å². The minimum absolute atomic E-state index is 0.0751. The molecule has 2 rings (SSSR count). The van der Waals surface area contributed by atoms with Gasteiger partial charge in [-0.15, -0.1) is 0 Å². The molecule has 3 nitrogen and oxygen atoms in total. The van der Waals surface area contributed by atoms with Crippen LogP contribution in [0.4, 0.5) is 4.79 Å². The van der Waals surface area contributed by atoms with Gasteiger partial charge >= 0.3 is 6.09 Å². The normalized spacial score (nSPS) is 21.3. The highest BCUT2D eigenvalue weighted by Gasteiger charge is 2.43. The predicted octanol–water partition coefficient (Wildman–Crippen LogP) is 3.51. The van der Waals surface area contributed by atoms with Crippen molar-refractivity contribution in [3.8, 4) is 0 Å². The molecule has 1 saturated heterocycles. The summed E-state index contributed by atoms with van der Waals surface area (Å²) >= 11 is 0. The number of benzene rings is 1. The van der Waals surface area contributed by atoms with Gasteiger partial charge in [0.15, 0.2) is 0 Å². The Balaban J connectivity index is 2.52. The molecule has 0 saturated carbocycles. The van der Waals surface area contributed by atoms with Crippen LogP contribution >= 0.6 is 0 Å². The quantitative estimate of drug-likeness (QED) is 0.849. The molecule has 1 amide bonds. The number of hydrogen-bond acceptors (Lipinski definition) is 2. The average Bonchev–Trinajstić information content (AvgIpc) is 2.60. The smallest absolute Gasteiger partial charge is 0.408 e. The molecular weight excluding hydrogens is 278 g/mol. The second kappa shape index (κ2) is 5.16. The monoisotopic (exact) mass is 304 g/mol. The third kappa shape index (κ3) is 3.15. The summed E-state index contributed by atoms with van der Waals surface area (Å²) in [5.41, 5.74) is 2.18. The second-order valence-corrected chi connectivity index (χ2v) is 10.2. The fourth-order valence-corrected chi connectivity index (χ4v) is 4.03. The van der Waals surface area contributed by atoms with E-state index in [1.165, 1.54) is 16.3 Å². The van der Waals surface area contributed by atoms with Crippen molar-refractivity contribution >= 4 is 20.1 Å². The van der Waals surface area contributed by atoms with Gasteiger partial charge in [-0.05, 0) is 30.4 Å². The van der Waals surface area contributed by atoms with E-state index in [0.717, 1.165) is 0 Å². The molecule has 1 atom stereocenters. The molecule has 4 heteroatoms. The lowest BCUT2D eigenvalue weighted by Crippen LogP contribution is -2.38. The molecule has 1 heterocycles. The van der Waals surface area contributed by atoms with Gasteiger partial charge < -0.3 is 10.1 Å². The van der Waals surface area contributed by atoms with E-state index < -0.39 is 14.4 Å². The Morgan fingerprint density at radius 2 is 1.86 bits per heavy atom. The largest absolute Gasteiger partial charge is 0.441 e. The highest BCUT2D eigenvalue weighted by atomic mass is 28.3. The van der Waals surface area contributed by atoms with E-state index in [4.69, 9.17) is 4.74 Å². The first-order chi connectivity index (χ1) is 9.52. The molecule has 1 aromatic rings. The maximum Gasteiger partial charge on any atom is 0.408 e. The van der Waals surface area contributed by atoms with E-state index >= 15 is 0 Å². The van der Waals surface area contributed by atoms with Crippen LogP contribution in [0.25, 0.3) is 0 Å². The van der Waals surface area contributed by atoms with Gasteiger partial charge in [-0.1, -0.05) is 57.3 Å². The Bertz CT molecular complexity index is 558. The van der Waals surface area contributed by atoms with Crippen LogP contribution < -0.4 is 10.5 Å². The van der Waals surface area contributed by atoms with Crippen molar-refractivity contribution in [1.29, 1.82) is 0 Å². The molecular formula is C17H26NO2Si. The van der Waals surface area contributed by atoms with E-state index in [2.05, 4.69) is 57.4 Å². The average molecular weight is 304 g/mol. The summed E-state index contributed by atoms with van der Waals surface area (Å²) < 4.78 is 5.41. The summed E-state index contributed by atoms with van der Waals surface area (Å²) in [7, 11) is -0.634. The Hall–Kier alpha value is -1.29. The highest BCUT2D eigenvalue weighted by molar-refractivity contribution is 6.71. The third-order valence-corrected chi connectivity index (χ3v) is 5.59. The van der Waals surface area contributed by atoms with Crippen LogP contribution in [0.2, 0.25) is 13.1 Å². The molecule has 1 radical (unpaired) electrons. The molecule has 0 unspecified atom stereocenters. The predicted molar refractivity (Wildman–Crippen MR) is 88.7 cm³/mol. The van der Waals surface area contributed by atoms with Crippen molar-refractivity contribution in [2.75, 3.05) is 0 Å². The van der Waals surface area contributed by atoms with Crippen LogP contribution in [0.15, 0.2) is 18.2 Å². The second-order valence-electron chi connectivity index (χ2n) is 7.62. The number of rotatable bonds is 2. The van der Waals surface area contributed by atoms with E-state index in [9.17, 15) is 4.79 Å². The van der Waals surface area contributed by atoms with Gasteiger partial charge in [0.2, 0.25) is 0 Å². The first-order valence-corrected chi connectivity index (χ1v) is 9.97. The van der Waals surface area contributed by atoms with Gasteiger partial charge in [-0.2, -0.15) is 0 Å². The summed E-state index contributed by atoms with van der Waals surface area (Å²) in [6, 6.07) is 6.61. The van der Waals surface area contributed by atoms with Crippen molar-refractivity contribution in [2.24, 2.45) is 0 Å². The maximum atomic E-state index is 11.6. The van der Waals surface area contributed by atoms with Crippen molar-refractivity contribution in [3.05, 3.63) is 29.3 Å². The standard InChI is InChI=1S/C17H26NO2Si/c1-16(2,3)11-8-9-12(13(10-11)21(6)7)14-17(4,5)20-15(19)18-14/h8-10,14H,1-7H3,(H,18,19)/t14-/m0/s1. The number of cyclic esters (lactones) is 1. The minimum atomic E-state index is -0.634. The van der Waals surface area contributed by atoms with Gasteiger partial charge in [0, 0.05) is 0 Å². The topological polar surface area (TPSA) is 38.3 Å². The molecule has 0 aromatic heterocycles. The van der Waals surface area contributed by atoms with Gasteiger partial charge in [0.05, 0.1) is 14.8 Å². The number of carbonyl (C=O) groups excluding carboxylic acids is 1. The number of ether oxygens (including phenoxy) is 1. The molecule has 0 bridgehead atoms. The summed E-state index contributed by atoms with van der Waals surface area (Å²) in [5.74, 6) is 0. The van der Waals surface area contributed by atoms with Crippen LogP contribution in [0.3, 0.4) is 0 Å². The van der Waals surface area contributed by atoms with Crippen LogP contribution in [0.1, 0.15) is 51.8 Å². The van der Waals surface area contributed by atoms with Gasteiger partial charge in [-0.3, -0.25) is 0 Å². The van der Waals surface area contributed by atoms with E-state index in [-0.39, 0.29) is 17.6 Å². The van der Waals surface area contributed by atoms with Crippen LogP contribution in [-0.2, 0) is 10.2 Å². The van der Waals surface area contributed by atoms with E-state index in [0.29, 0.717) is 0 Å². The zero-order chi connectivity index (χ0) is 16.0. The van der Waals surface area contributed by atoms with Crippen LogP contribution in [0, 0.1) is 0 Å². The molecule has 1 aliphatic heterocycles. The summed E-state index contributed by atoms with van der Waals surface area (Å²) in [4.78, 5) is 11.6. The molecule has 1 N–H and O–H groups in total. The van der Waals surface area contributed by atoms with Crippen LogP contribution in [0.5, 0.6) is 0 Å². The van der Waals surface area contributed by atoms with Gasteiger partial charge in [0.1, 0.15) is 5.60 Å². The Labute approximate surface area is 129 Å². The van der Waals surface area contributed by atoms with Crippen molar-refractivity contribution in [2.45, 2.75) is 64.8 Å². The van der Waals surface area contributed by atoms with Gasteiger partial charge in [-0.25, -0.2) is 4.79 Å². The first-order valence-electron chi connectivity index (χ1n) is 7.47. The summed E-state index contributed by atoms with van der Waals surface area (Å²) in [5, 5.41) is 4.35.